The van der Waals surface area contributed by atoms with Gasteiger partial charge in [-0.1, -0.05) is 26.8 Å². The molecule has 102 valence electrons. The van der Waals surface area contributed by atoms with Crippen molar-refractivity contribution in [2.45, 2.75) is 27.2 Å². The minimum Gasteiger partial charge on any atom is -0.496 e. The Kier molecular flexibility index (Phi) is 5.67. The minimum absolute atomic E-state index is 0.301. The Hall–Kier alpha value is -0.540. The maximum absolute atomic E-state index is 5.26. The number of methoxy groups -OCH3 is 1. The molecule has 0 spiro atoms. The zero-order chi connectivity index (χ0) is 13.8. The molecule has 0 aliphatic heterocycles. The maximum atomic E-state index is 5.26. The Bertz CT molecular complexity index is 385. The molecular formula is C15H24BrNO. The molecule has 0 saturated carbocycles. The average molecular weight is 314 g/mol. The molecule has 18 heavy (non-hydrogen) atoms. The molecule has 0 aliphatic carbocycles. The van der Waals surface area contributed by atoms with E-state index in [0.29, 0.717) is 11.3 Å². The molecule has 1 aromatic carbocycles. The Morgan fingerprint density at radius 2 is 2.00 bits per heavy atom. The average Bonchev–Trinajstić information content (AvgIpc) is 2.27. The summed E-state index contributed by atoms with van der Waals surface area (Å²) in [4.78, 5) is 0. The van der Waals surface area contributed by atoms with Crippen LogP contribution in [-0.2, 0) is 6.42 Å². The summed E-state index contributed by atoms with van der Waals surface area (Å²) in [5, 5.41) is 3.30. The van der Waals surface area contributed by atoms with Gasteiger partial charge in [0.25, 0.3) is 0 Å². The number of hydrogen-bond donors (Lipinski definition) is 1. The van der Waals surface area contributed by atoms with Gasteiger partial charge in [0.2, 0.25) is 0 Å². The molecule has 1 atom stereocenters. The van der Waals surface area contributed by atoms with Crippen LogP contribution in [0.3, 0.4) is 0 Å². The summed E-state index contributed by atoms with van der Waals surface area (Å²) in [5.74, 6) is 1.50. The Labute approximate surface area is 119 Å². The van der Waals surface area contributed by atoms with E-state index >= 15 is 0 Å². The molecule has 1 N–H and O–H groups in total. The van der Waals surface area contributed by atoms with Crippen molar-refractivity contribution in [3.63, 3.8) is 0 Å². The summed E-state index contributed by atoms with van der Waals surface area (Å²) in [6.07, 6.45) is 1.08. The molecule has 0 amide bonds. The van der Waals surface area contributed by atoms with Gasteiger partial charge in [0, 0.05) is 0 Å². The fourth-order valence-electron chi connectivity index (χ4n) is 2.05. The van der Waals surface area contributed by atoms with Crippen LogP contribution in [0.25, 0.3) is 0 Å². The van der Waals surface area contributed by atoms with Gasteiger partial charge in [-0.15, -0.1) is 0 Å². The van der Waals surface area contributed by atoms with Crippen molar-refractivity contribution < 1.29 is 4.74 Å². The van der Waals surface area contributed by atoms with E-state index in [-0.39, 0.29) is 0 Å². The van der Waals surface area contributed by atoms with Crippen LogP contribution < -0.4 is 10.1 Å². The zero-order valence-electron chi connectivity index (χ0n) is 12.0. The third-order valence-corrected chi connectivity index (χ3v) is 3.99. The van der Waals surface area contributed by atoms with Crippen molar-refractivity contribution in [1.29, 1.82) is 0 Å². The van der Waals surface area contributed by atoms with E-state index in [9.17, 15) is 0 Å². The Balaban J connectivity index is 2.84. The first-order chi connectivity index (χ1) is 8.38. The molecule has 0 saturated heterocycles. The van der Waals surface area contributed by atoms with Gasteiger partial charge in [0.05, 0.1) is 11.6 Å². The third kappa shape index (κ3) is 4.29. The molecule has 1 unspecified atom stereocenters. The van der Waals surface area contributed by atoms with Gasteiger partial charge in [-0.05, 0) is 65.0 Å². The number of ether oxygens (including phenoxy) is 1. The standard InChI is InChI=1S/C15H24BrNO/c1-15(2,3)12(10-17-4)8-11-6-7-14(18-5)13(16)9-11/h6-7,9,12,17H,8,10H2,1-5H3. The molecule has 0 heterocycles. The molecule has 2 nitrogen and oxygen atoms in total. The van der Waals surface area contributed by atoms with Crippen molar-refractivity contribution in [1.82, 2.24) is 5.32 Å². The Morgan fingerprint density at radius 1 is 1.33 bits per heavy atom. The molecular weight excluding hydrogens is 290 g/mol. The highest BCUT2D eigenvalue weighted by atomic mass is 79.9. The summed E-state index contributed by atoms with van der Waals surface area (Å²) in [5.41, 5.74) is 1.65. The van der Waals surface area contributed by atoms with Gasteiger partial charge in [-0.3, -0.25) is 0 Å². The summed E-state index contributed by atoms with van der Waals surface area (Å²) < 4.78 is 6.29. The Morgan fingerprint density at radius 3 is 2.44 bits per heavy atom. The smallest absolute Gasteiger partial charge is 0.133 e. The van der Waals surface area contributed by atoms with E-state index < -0.39 is 0 Å². The molecule has 0 aliphatic rings. The predicted octanol–water partition coefficient (Wildman–Crippen LogP) is 3.88. The van der Waals surface area contributed by atoms with Crippen molar-refractivity contribution in [2.75, 3.05) is 20.7 Å². The van der Waals surface area contributed by atoms with E-state index in [4.69, 9.17) is 4.74 Å². The second-order valence-corrected chi connectivity index (χ2v) is 6.65. The lowest BCUT2D eigenvalue weighted by Crippen LogP contribution is -2.31. The van der Waals surface area contributed by atoms with Crippen molar-refractivity contribution in [3.05, 3.63) is 28.2 Å². The van der Waals surface area contributed by atoms with Crippen LogP contribution in [0.15, 0.2) is 22.7 Å². The lowest BCUT2D eigenvalue weighted by atomic mass is 9.77. The molecule has 0 radical (unpaired) electrons. The summed E-state index contributed by atoms with van der Waals surface area (Å²) in [7, 11) is 3.71. The lowest BCUT2D eigenvalue weighted by Gasteiger charge is -2.31. The highest BCUT2D eigenvalue weighted by molar-refractivity contribution is 9.10. The van der Waals surface area contributed by atoms with Gasteiger partial charge in [-0.2, -0.15) is 0 Å². The minimum atomic E-state index is 0.301. The van der Waals surface area contributed by atoms with Gasteiger partial charge in [-0.25, -0.2) is 0 Å². The fraction of sp³-hybridized carbons (Fsp3) is 0.600. The number of nitrogens with one attached hydrogen (secondary N) is 1. The second kappa shape index (κ2) is 6.58. The highest BCUT2D eigenvalue weighted by Crippen LogP contribution is 2.31. The first kappa shape index (κ1) is 15.5. The zero-order valence-corrected chi connectivity index (χ0v) is 13.6. The number of rotatable bonds is 5. The first-order valence-electron chi connectivity index (χ1n) is 6.35. The van der Waals surface area contributed by atoms with Crippen LogP contribution in [0.4, 0.5) is 0 Å². The summed E-state index contributed by atoms with van der Waals surface area (Å²) in [6, 6.07) is 6.34. The van der Waals surface area contributed by atoms with E-state index in [1.54, 1.807) is 7.11 Å². The van der Waals surface area contributed by atoms with Crippen LogP contribution in [0.5, 0.6) is 5.75 Å². The molecule has 0 bridgehead atoms. The molecule has 0 aromatic heterocycles. The number of benzene rings is 1. The summed E-state index contributed by atoms with van der Waals surface area (Å²) in [6.45, 7) is 7.93. The quantitative estimate of drug-likeness (QED) is 0.890. The second-order valence-electron chi connectivity index (χ2n) is 5.79. The van der Waals surface area contributed by atoms with Crippen LogP contribution in [0, 0.1) is 11.3 Å². The van der Waals surface area contributed by atoms with Crippen molar-refractivity contribution in [3.8, 4) is 5.75 Å². The fourth-order valence-corrected chi connectivity index (χ4v) is 2.64. The van der Waals surface area contributed by atoms with Crippen molar-refractivity contribution in [2.24, 2.45) is 11.3 Å². The van der Waals surface area contributed by atoms with Crippen LogP contribution >= 0.6 is 15.9 Å². The lowest BCUT2D eigenvalue weighted by molar-refractivity contribution is 0.235. The van der Waals surface area contributed by atoms with Gasteiger partial charge >= 0.3 is 0 Å². The van der Waals surface area contributed by atoms with Crippen LogP contribution in [0.1, 0.15) is 26.3 Å². The maximum Gasteiger partial charge on any atom is 0.133 e. The molecule has 0 fully saturated rings. The SMILES string of the molecule is CNCC(Cc1ccc(OC)c(Br)c1)C(C)(C)C. The van der Waals surface area contributed by atoms with Crippen molar-refractivity contribution >= 4 is 15.9 Å². The molecule has 1 aromatic rings. The monoisotopic (exact) mass is 313 g/mol. The van der Waals surface area contributed by atoms with E-state index in [1.807, 2.05) is 13.1 Å². The summed E-state index contributed by atoms with van der Waals surface area (Å²) >= 11 is 3.55. The number of hydrogen-bond acceptors (Lipinski definition) is 2. The van der Waals surface area contributed by atoms with Gasteiger partial charge in [0.15, 0.2) is 0 Å². The van der Waals surface area contributed by atoms with Gasteiger partial charge < -0.3 is 10.1 Å². The molecule has 3 heteroatoms. The van der Waals surface area contributed by atoms with Gasteiger partial charge in [0.1, 0.15) is 5.75 Å². The normalized spacial score (nSPS) is 13.4. The predicted molar refractivity (Wildman–Crippen MR) is 81.3 cm³/mol. The largest absolute Gasteiger partial charge is 0.496 e. The highest BCUT2D eigenvalue weighted by Gasteiger charge is 2.24. The van der Waals surface area contributed by atoms with E-state index in [1.165, 1.54) is 5.56 Å². The van der Waals surface area contributed by atoms with Crippen LogP contribution in [0.2, 0.25) is 0 Å². The number of halogens is 1. The van der Waals surface area contributed by atoms with E-state index in [2.05, 4.69) is 54.2 Å². The van der Waals surface area contributed by atoms with Crippen LogP contribution in [-0.4, -0.2) is 20.7 Å². The topological polar surface area (TPSA) is 21.3 Å². The van der Waals surface area contributed by atoms with E-state index in [0.717, 1.165) is 23.2 Å². The third-order valence-electron chi connectivity index (χ3n) is 3.37. The first-order valence-corrected chi connectivity index (χ1v) is 7.14. The molecule has 1 rings (SSSR count).